The summed E-state index contributed by atoms with van der Waals surface area (Å²) in [5, 5.41) is 4.04. The number of likely N-dealkylation sites (tertiary alicyclic amines) is 1. The minimum Gasteiger partial charge on any atom is -0.378 e. The van der Waals surface area contributed by atoms with Crippen molar-refractivity contribution in [1.29, 1.82) is 0 Å². The third kappa shape index (κ3) is 3.62. The van der Waals surface area contributed by atoms with Crippen molar-refractivity contribution < 1.29 is 4.74 Å². The zero-order valence-electron chi connectivity index (χ0n) is 15.6. The zero-order valence-corrected chi connectivity index (χ0v) is 15.6. The Morgan fingerprint density at radius 3 is 2.60 bits per heavy atom. The molecule has 1 aromatic heterocycles. The van der Waals surface area contributed by atoms with E-state index in [9.17, 15) is 0 Å². The highest BCUT2D eigenvalue weighted by molar-refractivity contribution is 5.11. The molecule has 3 fully saturated rings. The van der Waals surface area contributed by atoms with Gasteiger partial charge in [0.15, 0.2) is 0 Å². The fourth-order valence-corrected chi connectivity index (χ4v) is 5.41. The Balaban J connectivity index is 1.26. The lowest BCUT2D eigenvalue weighted by atomic mass is 9.60. The second kappa shape index (κ2) is 7.73. The molecule has 1 spiro atoms. The van der Waals surface area contributed by atoms with Gasteiger partial charge in [-0.05, 0) is 69.8 Å². The van der Waals surface area contributed by atoms with E-state index in [-0.39, 0.29) is 0 Å². The van der Waals surface area contributed by atoms with E-state index < -0.39 is 0 Å². The Labute approximate surface area is 152 Å². The molecule has 25 heavy (non-hydrogen) atoms. The lowest BCUT2D eigenvalue weighted by molar-refractivity contribution is -0.133. The summed E-state index contributed by atoms with van der Waals surface area (Å²) in [6, 6.07) is 5.66. The van der Waals surface area contributed by atoms with Crippen LogP contribution in [0.4, 0.5) is 0 Å². The van der Waals surface area contributed by atoms with Crippen LogP contribution in [-0.2, 0) is 11.3 Å². The summed E-state index contributed by atoms with van der Waals surface area (Å²) in [5.41, 5.74) is 1.84. The molecule has 2 unspecified atom stereocenters. The molecule has 1 saturated heterocycles. The molecule has 0 radical (unpaired) electrons. The minimum absolute atomic E-state index is 0.462. The first-order chi connectivity index (χ1) is 12.3. The van der Waals surface area contributed by atoms with Crippen LogP contribution in [-0.4, -0.2) is 47.8 Å². The summed E-state index contributed by atoms with van der Waals surface area (Å²) in [7, 11) is 0. The Hall–Kier alpha value is -0.970. The van der Waals surface area contributed by atoms with E-state index in [1.807, 2.05) is 12.4 Å². The molecule has 4 heteroatoms. The highest BCUT2D eigenvalue weighted by Crippen LogP contribution is 2.55. The van der Waals surface area contributed by atoms with Gasteiger partial charge in [0.25, 0.3) is 0 Å². The summed E-state index contributed by atoms with van der Waals surface area (Å²) in [5.74, 6) is 0. The van der Waals surface area contributed by atoms with Gasteiger partial charge in [-0.1, -0.05) is 12.8 Å². The summed E-state index contributed by atoms with van der Waals surface area (Å²) in [4.78, 5) is 6.70. The third-order valence-electron chi connectivity index (χ3n) is 6.87. The minimum atomic E-state index is 0.462. The number of rotatable bonds is 6. The molecule has 0 bridgehead atoms. The van der Waals surface area contributed by atoms with Crippen LogP contribution in [0.25, 0.3) is 0 Å². The quantitative estimate of drug-likeness (QED) is 0.859. The Kier molecular flexibility index (Phi) is 5.39. The first-order valence-corrected chi connectivity index (χ1v) is 10.3. The molecular weight excluding hydrogens is 310 g/mol. The Morgan fingerprint density at radius 1 is 1.20 bits per heavy atom. The number of aromatic nitrogens is 1. The SMILES string of the molecule is CCOC1CC(NC2CCN(Cc3ccncc3)CC2)C12CCCC2. The predicted molar refractivity (Wildman–Crippen MR) is 100 cm³/mol. The standard InChI is InChI=1S/C21H33N3O/c1-2-25-20-15-19(21(20)9-3-4-10-21)23-18-7-13-24(14-8-18)16-17-5-11-22-12-6-17/h5-6,11-12,18-20,23H,2-4,7-10,13-16H2,1H3. The van der Waals surface area contributed by atoms with Gasteiger partial charge in [0, 0.05) is 43.0 Å². The molecular formula is C21H33N3O. The summed E-state index contributed by atoms with van der Waals surface area (Å²) in [6.45, 7) is 6.48. The van der Waals surface area contributed by atoms with Gasteiger partial charge in [0.05, 0.1) is 6.10 Å². The van der Waals surface area contributed by atoms with Crippen LogP contribution in [0.3, 0.4) is 0 Å². The average molecular weight is 344 g/mol. The topological polar surface area (TPSA) is 37.4 Å². The van der Waals surface area contributed by atoms with Crippen LogP contribution < -0.4 is 5.32 Å². The molecule has 1 aliphatic heterocycles. The van der Waals surface area contributed by atoms with Crippen molar-refractivity contribution in [3.05, 3.63) is 30.1 Å². The maximum Gasteiger partial charge on any atom is 0.0661 e. The van der Waals surface area contributed by atoms with Gasteiger partial charge in [0.1, 0.15) is 0 Å². The number of ether oxygens (including phenoxy) is 1. The van der Waals surface area contributed by atoms with Crippen LogP contribution in [0.5, 0.6) is 0 Å². The van der Waals surface area contributed by atoms with Gasteiger partial charge < -0.3 is 10.1 Å². The van der Waals surface area contributed by atoms with Crippen molar-refractivity contribution in [3.8, 4) is 0 Å². The molecule has 1 aromatic rings. The van der Waals surface area contributed by atoms with Crippen molar-refractivity contribution in [3.63, 3.8) is 0 Å². The smallest absolute Gasteiger partial charge is 0.0661 e. The fourth-order valence-electron chi connectivity index (χ4n) is 5.41. The van der Waals surface area contributed by atoms with Crippen molar-refractivity contribution in [2.24, 2.45) is 5.41 Å². The van der Waals surface area contributed by atoms with E-state index in [0.717, 1.165) is 13.2 Å². The number of pyridine rings is 1. The summed E-state index contributed by atoms with van der Waals surface area (Å²) in [6.07, 6.45) is 13.6. The van der Waals surface area contributed by atoms with Gasteiger partial charge in [-0.25, -0.2) is 0 Å². The van der Waals surface area contributed by atoms with E-state index in [1.54, 1.807) is 0 Å². The van der Waals surface area contributed by atoms with Crippen molar-refractivity contribution in [1.82, 2.24) is 15.2 Å². The van der Waals surface area contributed by atoms with Crippen molar-refractivity contribution in [2.75, 3.05) is 19.7 Å². The van der Waals surface area contributed by atoms with Gasteiger partial charge in [0.2, 0.25) is 0 Å². The maximum atomic E-state index is 6.07. The molecule has 138 valence electrons. The summed E-state index contributed by atoms with van der Waals surface area (Å²) < 4.78 is 6.07. The number of nitrogens with zero attached hydrogens (tertiary/aromatic N) is 2. The average Bonchev–Trinajstić information content (AvgIpc) is 3.16. The van der Waals surface area contributed by atoms with Crippen LogP contribution in [0.1, 0.15) is 57.4 Å². The van der Waals surface area contributed by atoms with Gasteiger partial charge in [-0.2, -0.15) is 0 Å². The van der Waals surface area contributed by atoms with E-state index in [2.05, 4.69) is 34.3 Å². The number of hydrogen-bond acceptors (Lipinski definition) is 4. The molecule has 0 aromatic carbocycles. The van der Waals surface area contributed by atoms with Gasteiger partial charge in [-0.3, -0.25) is 9.88 Å². The van der Waals surface area contributed by atoms with E-state index in [1.165, 1.54) is 63.6 Å². The predicted octanol–water partition coefficient (Wildman–Crippen LogP) is 3.37. The summed E-state index contributed by atoms with van der Waals surface area (Å²) >= 11 is 0. The molecule has 2 aliphatic carbocycles. The molecule has 2 heterocycles. The molecule has 4 rings (SSSR count). The van der Waals surface area contributed by atoms with Gasteiger partial charge >= 0.3 is 0 Å². The molecule has 1 N–H and O–H groups in total. The number of piperidine rings is 1. The van der Waals surface area contributed by atoms with Crippen molar-refractivity contribution >= 4 is 0 Å². The lowest BCUT2D eigenvalue weighted by Crippen LogP contribution is -2.65. The first-order valence-electron chi connectivity index (χ1n) is 10.3. The highest BCUT2D eigenvalue weighted by atomic mass is 16.5. The first kappa shape index (κ1) is 17.4. The fraction of sp³-hybridized carbons (Fsp3) is 0.762. The largest absolute Gasteiger partial charge is 0.378 e. The number of nitrogens with one attached hydrogen (secondary N) is 1. The normalized spacial score (nSPS) is 29.8. The van der Waals surface area contributed by atoms with Crippen molar-refractivity contribution in [2.45, 2.75) is 76.6 Å². The van der Waals surface area contributed by atoms with Gasteiger partial charge in [-0.15, -0.1) is 0 Å². The van der Waals surface area contributed by atoms with Crippen LogP contribution in [0, 0.1) is 5.41 Å². The van der Waals surface area contributed by atoms with E-state index >= 15 is 0 Å². The zero-order chi connectivity index (χ0) is 17.1. The van der Waals surface area contributed by atoms with Crippen LogP contribution in [0.2, 0.25) is 0 Å². The monoisotopic (exact) mass is 343 g/mol. The highest BCUT2D eigenvalue weighted by Gasteiger charge is 2.56. The number of hydrogen-bond donors (Lipinski definition) is 1. The molecule has 3 aliphatic rings. The Morgan fingerprint density at radius 2 is 1.92 bits per heavy atom. The molecule has 4 nitrogen and oxygen atoms in total. The third-order valence-corrected chi connectivity index (χ3v) is 6.87. The molecule has 0 amide bonds. The lowest BCUT2D eigenvalue weighted by Gasteiger charge is -2.55. The molecule has 2 saturated carbocycles. The van der Waals surface area contributed by atoms with Crippen LogP contribution in [0.15, 0.2) is 24.5 Å². The molecule has 2 atom stereocenters. The van der Waals surface area contributed by atoms with E-state index in [4.69, 9.17) is 4.74 Å². The second-order valence-corrected chi connectivity index (χ2v) is 8.25. The second-order valence-electron chi connectivity index (χ2n) is 8.25. The Bertz CT molecular complexity index is 535. The maximum absolute atomic E-state index is 6.07. The van der Waals surface area contributed by atoms with E-state index in [0.29, 0.717) is 23.6 Å². The van der Waals surface area contributed by atoms with Crippen LogP contribution >= 0.6 is 0 Å².